The molecule has 4 atom stereocenters. The van der Waals surface area contributed by atoms with E-state index >= 15 is 0 Å². The molecule has 5 heteroatoms. The van der Waals surface area contributed by atoms with Crippen molar-refractivity contribution in [2.45, 2.75) is 26.7 Å². The van der Waals surface area contributed by atoms with Gasteiger partial charge in [0, 0.05) is 0 Å². The van der Waals surface area contributed by atoms with Crippen molar-refractivity contribution in [3.63, 3.8) is 0 Å². The van der Waals surface area contributed by atoms with Crippen molar-refractivity contribution < 1.29 is 14.4 Å². The van der Waals surface area contributed by atoms with Crippen molar-refractivity contribution >= 4 is 34.4 Å². The number of carbonyl (C=O) groups excluding carboxylic acids is 3. The van der Waals surface area contributed by atoms with E-state index in [9.17, 15) is 19.6 Å². The van der Waals surface area contributed by atoms with Crippen LogP contribution >= 0.6 is 0 Å². The Morgan fingerprint density at radius 3 is 1.51 bits per heavy atom. The first-order valence-electron chi connectivity index (χ1n) is 12.8. The predicted molar refractivity (Wildman–Crippen MR) is 141 cm³/mol. The Labute approximate surface area is 216 Å². The average Bonchev–Trinajstić information content (AvgIpc) is 3.45. The number of allylic oxidation sites excluding steroid dienone is 2. The predicted octanol–water partition coefficient (Wildman–Crippen LogP) is 5.66. The van der Waals surface area contributed by atoms with Gasteiger partial charge in [-0.3, -0.25) is 14.4 Å². The number of hydrogen-bond acceptors (Lipinski definition) is 4. The van der Waals surface area contributed by atoms with E-state index in [0.717, 1.165) is 22.3 Å². The minimum Gasteiger partial charge on any atom is -0.298 e. The van der Waals surface area contributed by atoms with Gasteiger partial charge >= 0.3 is 0 Å². The van der Waals surface area contributed by atoms with Crippen molar-refractivity contribution in [3.8, 4) is 6.07 Å². The first-order valence-corrected chi connectivity index (χ1v) is 12.8. The van der Waals surface area contributed by atoms with Crippen LogP contribution in [0.15, 0.2) is 84.9 Å². The summed E-state index contributed by atoms with van der Waals surface area (Å²) in [6, 6.07) is 28.3. The standard InChI is InChI=1S/C32H26N2O3/c1-3-31-24(21-11-7-5-8-12-21)25(22-13-9-6-10-14-22)32(4-2,30(31)37)27-26(31)28(35)34(29(27)36)23-17-15-20(19-33)16-18-23/h5-18,26-27H,3-4H2,1-2H3. The second kappa shape index (κ2) is 8.11. The molecule has 2 fully saturated rings. The van der Waals surface area contributed by atoms with Crippen LogP contribution in [0.5, 0.6) is 0 Å². The number of rotatable bonds is 5. The van der Waals surface area contributed by atoms with Crippen LogP contribution in [-0.2, 0) is 14.4 Å². The first-order chi connectivity index (χ1) is 18.0. The van der Waals surface area contributed by atoms with Crippen molar-refractivity contribution in [2.24, 2.45) is 22.7 Å². The van der Waals surface area contributed by atoms with Gasteiger partial charge in [-0.2, -0.15) is 5.26 Å². The van der Waals surface area contributed by atoms with Gasteiger partial charge in [0.2, 0.25) is 11.8 Å². The van der Waals surface area contributed by atoms with Gasteiger partial charge in [0.25, 0.3) is 0 Å². The highest BCUT2D eigenvalue weighted by Gasteiger charge is 2.80. The van der Waals surface area contributed by atoms with Crippen LogP contribution in [0.1, 0.15) is 43.4 Å². The van der Waals surface area contributed by atoms with Crippen LogP contribution in [0, 0.1) is 34.0 Å². The molecule has 1 saturated heterocycles. The number of fused-ring (bicyclic) bond motifs is 5. The number of amides is 2. The quantitative estimate of drug-likeness (QED) is 0.436. The summed E-state index contributed by atoms with van der Waals surface area (Å²) in [5.74, 6) is -2.19. The van der Waals surface area contributed by atoms with Gasteiger partial charge in [-0.1, -0.05) is 74.5 Å². The Balaban J connectivity index is 1.65. The van der Waals surface area contributed by atoms with Crippen LogP contribution in [0.2, 0.25) is 0 Å². The average molecular weight is 487 g/mol. The molecule has 1 saturated carbocycles. The molecule has 37 heavy (non-hydrogen) atoms. The number of benzene rings is 3. The van der Waals surface area contributed by atoms with Crippen LogP contribution in [0.25, 0.3) is 11.1 Å². The lowest BCUT2D eigenvalue weighted by Gasteiger charge is -2.38. The summed E-state index contributed by atoms with van der Waals surface area (Å²) < 4.78 is 0. The van der Waals surface area contributed by atoms with Crippen molar-refractivity contribution in [1.82, 2.24) is 0 Å². The molecule has 182 valence electrons. The summed E-state index contributed by atoms with van der Waals surface area (Å²) in [7, 11) is 0. The summed E-state index contributed by atoms with van der Waals surface area (Å²) in [6.45, 7) is 3.92. The number of Topliss-reactive ketones (excluding diaryl/α,β-unsaturated/α-hetero) is 1. The number of nitriles is 1. The molecule has 0 spiro atoms. The molecule has 2 amide bonds. The number of hydrogen-bond donors (Lipinski definition) is 0. The highest BCUT2D eigenvalue weighted by molar-refractivity contribution is 6.34. The SMILES string of the molecule is CCC12C(=O)C(CC)(C(c3ccccc3)=C1c1ccccc1)C1C(=O)N(c3ccc(C#N)cc3)C(=O)C12. The Morgan fingerprint density at radius 1 is 0.703 bits per heavy atom. The Hall–Kier alpha value is -4.30. The lowest BCUT2D eigenvalue weighted by atomic mass is 9.60. The molecule has 3 aromatic carbocycles. The monoisotopic (exact) mass is 486 g/mol. The molecule has 1 aliphatic heterocycles. The molecule has 0 N–H and O–H groups in total. The van der Waals surface area contributed by atoms with Crippen LogP contribution in [-0.4, -0.2) is 17.6 Å². The van der Waals surface area contributed by atoms with Gasteiger partial charge in [-0.15, -0.1) is 0 Å². The van der Waals surface area contributed by atoms with E-state index < -0.39 is 22.7 Å². The van der Waals surface area contributed by atoms with Gasteiger partial charge in [-0.25, -0.2) is 4.90 Å². The normalized spacial score (nSPS) is 28.1. The Kier molecular flexibility index (Phi) is 5.07. The fourth-order valence-electron chi connectivity index (χ4n) is 7.39. The molecular weight excluding hydrogens is 460 g/mol. The topological polar surface area (TPSA) is 78.2 Å². The molecule has 2 aliphatic carbocycles. The fraction of sp³-hybridized carbons (Fsp3) is 0.250. The van der Waals surface area contributed by atoms with Gasteiger partial charge in [-0.05, 0) is 59.4 Å². The highest BCUT2D eigenvalue weighted by Crippen LogP contribution is 2.75. The van der Waals surface area contributed by atoms with E-state index in [0.29, 0.717) is 24.1 Å². The van der Waals surface area contributed by atoms with Gasteiger partial charge in [0.1, 0.15) is 0 Å². The van der Waals surface area contributed by atoms with Gasteiger partial charge in [0.05, 0.1) is 40.0 Å². The van der Waals surface area contributed by atoms with Gasteiger partial charge < -0.3 is 0 Å². The minimum atomic E-state index is -1.10. The molecule has 1 heterocycles. The second-order valence-electron chi connectivity index (χ2n) is 10.1. The zero-order valence-corrected chi connectivity index (χ0v) is 20.8. The molecule has 3 aliphatic rings. The lowest BCUT2D eigenvalue weighted by molar-refractivity contribution is -0.134. The second-order valence-corrected chi connectivity index (χ2v) is 10.1. The van der Waals surface area contributed by atoms with Gasteiger partial charge in [0.15, 0.2) is 5.78 Å². The van der Waals surface area contributed by atoms with Crippen LogP contribution < -0.4 is 4.90 Å². The molecule has 2 bridgehead atoms. The summed E-state index contributed by atoms with van der Waals surface area (Å²) in [4.78, 5) is 44.3. The van der Waals surface area contributed by atoms with E-state index in [1.54, 1.807) is 24.3 Å². The van der Waals surface area contributed by atoms with E-state index in [-0.39, 0.29) is 17.6 Å². The smallest absolute Gasteiger partial charge is 0.239 e. The summed E-state index contributed by atoms with van der Waals surface area (Å²) >= 11 is 0. The maximum atomic E-state index is 14.7. The maximum absolute atomic E-state index is 14.7. The molecular formula is C32H26N2O3. The third kappa shape index (κ3) is 2.70. The third-order valence-corrected chi connectivity index (χ3v) is 8.82. The Morgan fingerprint density at radius 2 is 1.14 bits per heavy atom. The number of carbonyl (C=O) groups is 3. The van der Waals surface area contributed by atoms with E-state index in [1.165, 1.54) is 4.90 Å². The number of imide groups is 1. The van der Waals surface area contributed by atoms with E-state index in [1.807, 2.05) is 74.5 Å². The molecule has 5 nitrogen and oxygen atoms in total. The van der Waals surface area contributed by atoms with E-state index in [2.05, 4.69) is 6.07 Å². The van der Waals surface area contributed by atoms with Crippen molar-refractivity contribution in [1.29, 1.82) is 5.26 Å². The largest absolute Gasteiger partial charge is 0.298 e. The maximum Gasteiger partial charge on any atom is 0.239 e. The third-order valence-electron chi connectivity index (χ3n) is 8.82. The number of anilines is 1. The lowest BCUT2D eigenvalue weighted by Crippen LogP contribution is -2.41. The summed E-state index contributed by atoms with van der Waals surface area (Å²) in [6.07, 6.45) is 0.852. The zero-order chi connectivity index (χ0) is 25.9. The molecule has 3 aromatic rings. The molecule has 0 radical (unpaired) electrons. The highest BCUT2D eigenvalue weighted by atomic mass is 16.2. The van der Waals surface area contributed by atoms with Crippen LogP contribution in [0.3, 0.4) is 0 Å². The fourth-order valence-corrected chi connectivity index (χ4v) is 7.39. The Bertz CT molecular complexity index is 1430. The number of ketones is 1. The zero-order valence-electron chi connectivity index (χ0n) is 20.8. The molecule has 6 rings (SSSR count). The summed E-state index contributed by atoms with van der Waals surface area (Å²) in [5, 5.41) is 9.20. The molecule has 0 aromatic heterocycles. The van der Waals surface area contributed by atoms with E-state index in [4.69, 9.17) is 0 Å². The minimum absolute atomic E-state index is 0.00103. The summed E-state index contributed by atoms with van der Waals surface area (Å²) in [5.41, 5.74) is 2.31. The first kappa shape index (κ1) is 23.1. The van der Waals surface area contributed by atoms with Crippen LogP contribution in [0.4, 0.5) is 5.69 Å². The number of nitrogens with zero attached hydrogens (tertiary/aromatic N) is 2. The molecule has 4 unspecified atom stereocenters. The van der Waals surface area contributed by atoms with Crippen molar-refractivity contribution in [3.05, 3.63) is 102 Å². The van der Waals surface area contributed by atoms with Crippen molar-refractivity contribution in [2.75, 3.05) is 4.90 Å².